The number of hydrogen-bond acceptors (Lipinski definition) is 9. The Balaban J connectivity index is -0.0000000270. The molecular weight excluding hydrogens is 318 g/mol. The number of nitrogens with zero attached hydrogens (tertiary/aromatic N) is 3. The zero-order chi connectivity index (χ0) is 10.7. The van der Waals surface area contributed by atoms with Gasteiger partial charge in [-0.25, -0.2) is 0 Å². The Hall–Kier alpha value is -0.894. The van der Waals surface area contributed by atoms with Crippen LogP contribution in [0, 0.1) is 46.0 Å². The van der Waals surface area contributed by atoms with Crippen molar-refractivity contribution in [1.29, 1.82) is 0 Å². The average Bonchev–Trinajstić information content (AvgIpc) is 1.54. The van der Waals surface area contributed by atoms with E-state index in [1.165, 1.54) is 0 Å². The summed E-state index contributed by atoms with van der Waals surface area (Å²) in [6.07, 6.45) is 0. The van der Waals surface area contributed by atoms with E-state index in [4.69, 9.17) is 46.0 Å². The second kappa shape index (κ2) is 22.7. The Kier molecular flexibility index (Phi) is 47.4. The predicted octanol–water partition coefficient (Wildman–Crippen LogP) is -1.10. The van der Waals surface area contributed by atoms with E-state index in [1.54, 1.807) is 0 Å². The fraction of sp³-hybridized carbons (Fsp3) is 0. The molecule has 0 saturated carbocycles. The fourth-order valence-electron chi connectivity index (χ4n) is 0. The van der Waals surface area contributed by atoms with E-state index in [9.17, 15) is 0 Å². The van der Waals surface area contributed by atoms with Crippen molar-refractivity contribution in [1.82, 2.24) is 0 Å². The van der Waals surface area contributed by atoms with Crippen LogP contribution >= 0.6 is 0 Å². The van der Waals surface area contributed by atoms with Gasteiger partial charge in [0.25, 0.3) is 0 Å². The van der Waals surface area contributed by atoms with Gasteiger partial charge in [-0.3, -0.25) is 0 Å². The van der Waals surface area contributed by atoms with Gasteiger partial charge < -0.3 is 46.0 Å². The van der Waals surface area contributed by atoms with Gasteiger partial charge in [0.05, 0.1) is 15.3 Å². The van der Waals surface area contributed by atoms with Crippen LogP contribution in [0.5, 0.6) is 0 Å². The van der Waals surface area contributed by atoms with Gasteiger partial charge in [-0.05, 0) is 0 Å². The molecule has 0 aromatic carbocycles. The normalized spacial score (nSPS) is 5.14. The third kappa shape index (κ3) is 1420. The van der Waals surface area contributed by atoms with Gasteiger partial charge in [0.2, 0.25) is 0 Å². The Morgan fingerprint density at radius 1 is 0.571 bits per heavy atom. The molecule has 0 spiro atoms. The summed E-state index contributed by atoms with van der Waals surface area (Å²) in [5, 5.41) is 44.2. The summed E-state index contributed by atoms with van der Waals surface area (Å²) in [5.41, 5.74) is 0. The molecule has 0 aromatic rings. The number of rotatable bonds is 0. The van der Waals surface area contributed by atoms with Crippen LogP contribution in [0.3, 0.4) is 0 Å². The van der Waals surface area contributed by atoms with Crippen molar-refractivity contribution in [3.8, 4) is 0 Å². The van der Waals surface area contributed by atoms with Gasteiger partial charge in [-0.1, -0.05) is 0 Å². The first kappa shape index (κ1) is 29.2. The van der Waals surface area contributed by atoms with Crippen molar-refractivity contribution in [2.75, 3.05) is 0 Å². The molecular formula is AgMgN3O9. The zero-order valence-electron chi connectivity index (χ0n) is 6.02. The molecule has 0 aliphatic carbocycles. The summed E-state index contributed by atoms with van der Waals surface area (Å²) in [4.78, 5) is 24.8. The van der Waals surface area contributed by atoms with Gasteiger partial charge in [-0.15, -0.1) is 0 Å². The van der Waals surface area contributed by atoms with Crippen molar-refractivity contribution in [2.24, 2.45) is 0 Å². The molecule has 0 bridgehead atoms. The maximum Gasteiger partial charge on any atom is 2.00 e. The Bertz CT molecular complexity index is 118. The van der Waals surface area contributed by atoms with Gasteiger partial charge in [0, 0.05) is 0 Å². The van der Waals surface area contributed by atoms with Crippen molar-refractivity contribution >= 4 is 23.1 Å². The Labute approximate surface area is 106 Å². The van der Waals surface area contributed by atoms with Crippen LogP contribution in [0.4, 0.5) is 0 Å². The smallest absolute Gasteiger partial charge is 0.356 e. The SMILES string of the molecule is O=[N+]([O-])[O-].O=[N+]([O-])[O-].O=[N+]([O-])[O-].[Ag+].[Mg+2]. The quantitative estimate of drug-likeness (QED) is 0.302. The molecule has 12 nitrogen and oxygen atoms in total. The standard InChI is InChI=1S/Ag.Mg.3NO3/c;;3*2-1(3)4/q+1;+2;3*-1. The van der Waals surface area contributed by atoms with Crippen molar-refractivity contribution in [2.45, 2.75) is 0 Å². The summed E-state index contributed by atoms with van der Waals surface area (Å²) in [5.74, 6) is 0. The van der Waals surface area contributed by atoms with Crippen LogP contribution in [0.25, 0.3) is 0 Å². The van der Waals surface area contributed by atoms with E-state index in [0.29, 0.717) is 0 Å². The maximum absolute atomic E-state index is 8.25. The van der Waals surface area contributed by atoms with Crippen LogP contribution in [-0.4, -0.2) is 38.3 Å². The van der Waals surface area contributed by atoms with Crippen LogP contribution in [-0.2, 0) is 22.4 Å². The molecule has 0 fully saturated rings. The molecule has 0 saturated heterocycles. The molecule has 14 heavy (non-hydrogen) atoms. The molecule has 0 aliphatic heterocycles. The first-order valence-corrected chi connectivity index (χ1v) is 1.64. The summed E-state index contributed by atoms with van der Waals surface area (Å²) in [6.45, 7) is 0. The molecule has 0 rings (SSSR count). The first-order valence-electron chi connectivity index (χ1n) is 1.64. The molecule has 0 heterocycles. The Morgan fingerprint density at radius 2 is 0.571 bits per heavy atom. The molecule has 0 atom stereocenters. The fourth-order valence-corrected chi connectivity index (χ4v) is 0. The van der Waals surface area contributed by atoms with Crippen LogP contribution in [0.1, 0.15) is 0 Å². The summed E-state index contributed by atoms with van der Waals surface area (Å²) >= 11 is 0. The monoisotopic (exact) mass is 317 g/mol. The largest absolute Gasteiger partial charge is 2.00 e. The second-order valence-corrected chi connectivity index (χ2v) is 0.671. The van der Waals surface area contributed by atoms with Gasteiger partial charge in [0.15, 0.2) is 0 Å². The van der Waals surface area contributed by atoms with Gasteiger partial charge >= 0.3 is 45.4 Å². The molecule has 0 unspecified atom stereocenters. The van der Waals surface area contributed by atoms with Crippen LogP contribution in [0.2, 0.25) is 0 Å². The molecule has 0 aliphatic rings. The second-order valence-electron chi connectivity index (χ2n) is 0.671. The average molecular weight is 318 g/mol. The van der Waals surface area contributed by atoms with Crippen LogP contribution in [0.15, 0.2) is 0 Å². The minimum absolute atomic E-state index is 0. The molecule has 0 aromatic heterocycles. The predicted molar refractivity (Wildman–Crippen MR) is 36.8 cm³/mol. The van der Waals surface area contributed by atoms with Gasteiger partial charge in [0.1, 0.15) is 0 Å². The molecule has 82 valence electrons. The minimum Gasteiger partial charge on any atom is -0.356 e. The third-order valence-corrected chi connectivity index (χ3v) is 0. The summed E-state index contributed by atoms with van der Waals surface area (Å²) < 4.78 is 0. The van der Waals surface area contributed by atoms with E-state index >= 15 is 0 Å². The first-order chi connectivity index (χ1) is 5.20. The topological polar surface area (TPSA) is 199 Å². The molecule has 0 amide bonds. The zero-order valence-corrected chi connectivity index (χ0v) is 8.92. The van der Waals surface area contributed by atoms with Crippen molar-refractivity contribution < 1.29 is 37.6 Å². The van der Waals surface area contributed by atoms with E-state index in [0.717, 1.165) is 0 Å². The maximum atomic E-state index is 8.25. The van der Waals surface area contributed by atoms with E-state index in [2.05, 4.69) is 0 Å². The van der Waals surface area contributed by atoms with E-state index in [-0.39, 0.29) is 45.4 Å². The molecule has 0 radical (unpaired) electrons. The molecule has 0 N–H and O–H groups in total. The van der Waals surface area contributed by atoms with E-state index in [1.807, 2.05) is 0 Å². The number of hydrogen-bond donors (Lipinski definition) is 0. The summed E-state index contributed by atoms with van der Waals surface area (Å²) in [7, 11) is 0. The minimum atomic E-state index is -1.75. The van der Waals surface area contributed by atoms with Crippen molar-refractivity contribution in [3.63, 3.8) is 0 Å². The third-order valence-electron chi connectivity index (χ3n) is 0. The molecule has 14 heteroatoms. The summed E-state index contributed by atoms with van der Waals surface area (Å²) in [6, 6.07) is 0. The van der Waals surface area contributed by atoms with Gasteiger partial charge in [-0.2, -0.15) is 0 Å². The van der Waals surface area contributed by atoms with Crippen LogP contribution < -0.4 is 0 Å². The Morgan fingerprint density at radius 3 is 0.571 bits per heavy atom. The van der Waals surface area contributed by atoms with E-state index < -0.39 is 15.3 Å². The van der Waals surface area contributed by atoms with Crippen molar-refractivity contribution in [3.05, 3.63) is 46.0 Å².